The lowest BCUT2D eigenvalue weighted by atomic mass is 10.0. The summed E-state index contributed by atoms with van der Waals surface area (Å²) in [5, 5.41) is 6.33. The number of hydrogen-bond acceptors (Lipinski definition) is 11. The number of amides is 2. The Morgan fingerprint density at radius 3 is 1.43 bits per heavy atom. The molecule has 2 aliphatic heterocycles. The van der Waals surface area contributed by atoms with Gasteiger partial charge in [0, 0.05) is 36.8 Å². The fourth-order valence-corrected chi connectivity index (χ4v) is 9.77. The first-order valence-corrected chi connectivity index (χ1v) is 27.7. The molecule has 0 aromatic heterocycles. The number of thioether (sulfide) groups is 1. The van der Waals surface area contributed by atoms with E-state index in [9.17, 15) is 23.7 Å². The molecule has 2 fully saturated rings. The number of urea groups is 1. The van der Waals surface area contributed by atoms with E-state index in [1.165, 1.54) is 128 Å². The van der Waals surface area contributed by atoms with Gasteiger partial charge in [0.1, 0.15) is 13.2 Å². The first kappa shape index (κ1) is 59.1. The van der Waals surface area contributed by atoms with E-state index in [1.54, 1.807) is 0 Å². The Balaban J connectivity index is 0.00000225. The van der Waals surface area contributed by atoms with Gasteiger partial charge >= 0.3 is 31.8 Å². The summed E-state index contributed by atoms with van der Waals surface area (Å²) >= 11 is 1.87. The van der Waals surface area contributed by atoms with Crippen LogP contribution in [0.25, 0.3) is 0 Å². The molecule has 0 radical (unpaired) electrons. The molecule has 0 aliphatic carbocycles. The normalized spacial score (nSPS) is 17.3. The van der Waals surface area contributed by atoms with Gasteiger partial charge in [-0.3, -0.25) is 18.9 Å². The van der Waals surface area contributed by atoms with Crippen LogP contribution in [0.4, 0.5) is 4.79 Å². The maximum atomic E-state index is 12.8. The molecule has 0 aromatic rings. The summed E-state index contributed by atoms with van der Waals surface area (Å²) in [4.78, 5) is 65.5. The number of carbonyl (C=O) groups excluding carboxylic acids is 4. The van der Waals surface area contributed by atoms with Crippen molar-refractivity contribution in [2.75, 3.05) is 32.1 Å². The second kappa shape index (κ2) is 40.4. The van der Waals surface area contributed by atoms with Crippen LogP contribution in [0.2, 0.25) is 0 Å². The van der Waals surface area contributed by atoms with Gasteiger partial charge in [-0.2, -0.15) is 11.8 Å². The van der Waals surface area contributed by atoms with Crippen molar-refractivity contribution in [1.82, 2.24) is 10.6 Å². The molecule has 0 saturated carbocycles. The predicted molar refractivity (Wildman–Crippen MR) is 253 cm³/mol. The standard InChI is InChI=1S/C45H82N2O7S.C2H8NO4P/c1-3-5-7-9-11-13-15-17-19-21-23-25-27-32-41(48)52-35-38(54-43(50)34-28-26-24-22-20-18-16-14-12-10-8-6-4-2)36-53-42(49)33-30-29-31-40-44-39(37-55-40)46-45(51)47-44;3-1-2-7-8(4,5)6/h38-40,44H,3-37H2,1-2H3,(H2,46,47,51);1-3H2,(H2,4,5,6)/t38-,39+,40+,44+;/m1./s1. The second-order valence-electron chi connectivity index (χ2n) is 17.4. The van der Waals surface area contributed by atoms with Crippen LogP contribution in [0.3, 0.4) is 0 Å². The number of nitrogens with two attached hydrogens (primary N) is 1. The average Bonchev–Trinajstić information content (AvgIpc) is 3.81. The molecule has 63 heavy (non-hydrogen) atoms. The minimum Gasteiger partial charge on any atom is -0.462 e. The zero-order valence-electron chi connectivity index (χ0n) is 39.5. The number of rotatable bonds is 41. The van der Waals surface area contributed by atoms with Crippen LogP contribution in [0.15, 0.2) is 0 Å². The molecule has 0 spiro atoms. The van der Waals surface area contributed by atoms with Gasteiger partial charge in [0.25, 0.3) is 0 Å². The number of hydrogen-bond donors (Lipinski definition) is 5. The highest BCUT2D eigenvalue weighted by Crippen LogP contribution is 2.35. The number of fused-ring (bicyclic) bond motifs is 1. The summed E-state index contributed by atoms with van der Waals surface area (Å²) in [5.74, 6) is -0.0618. The molecule has 14 nitrogen and oxygen atoms in total. The van der Waals surface area contributed by atoms with Gasteiger partial charge in [-0.15, -0.1) is 0 Å². The molecular weight excluding hydrogens is 846 g/mol. The van der Waals surface area contributed by atoms with E-state index in [0.29, 0.717) is 24.5 Å². The van der Waals surface area contributed by atoms with E-state index in [1.807, 2.05) is 11.8 Å². The van der Waals surface area contributed by atoms with Gasteiger partial charge in [0.05, 0.1) is 18.7 Å². The highest BCUT2D eigenvalue weighted by Gasteiger charge is 2.42. The quantitative estimate of drug-likeness (QED) is 0.0127. The van der Waals surface area contributed by atoms with Crippen molar-refractivity contribution < 1.29 is 52.3 Å². The summed E-state index contributed by atoms with van der Waals surface area (Å²) in [6.07, 6.45) is 34.9. The van der Waals surface area contributed by atoms with Crippen LogP contribution in [0, 0.1) is 0 Å². The van der Waals surface area contributed by atoms with Gasteiger partial charge in [0.15, 0.2) is 6.10 Å². The fourth-order valence-electron chi connectivity index (χ4n) is 7.88. The van der Waals surface area contributed by atoms with Crippen molar-refractivity contribution in [3.63, 3.8) is 0 Å². The number of unbranched alkanes of at least 4 members (excludes halogenated alkanes) is 25. The lowest BCUT2D eigenvalue weighted by molar-refractivity contribution is -0.167. The molecule has 0 bridgehead atoms. The van der Waals surface area contributed by atoms with Gasteiger partial charge in [-0.25, -0.2) is 9.36 Å². The molecule has 0 unspecified atom stereocenters. The fraction of sp³-hybridized carbons (Fsp3) is 0.915. The number of nitrogens with one attached hydrogen (secondary N) is 2. The second-order valence-corrected chi connectivity index (χ2v) is 20.0. The molecule has 16 heteroatoms. The lowest BCUT2D eigenvalue weighted by Gasteiger charge is -2.18. The number of carbonyl (C=O) groups is 4. The molecule has 370 valence electrons. The summed E-state index contributed by atoms with van der Waals surface area (Å²) in [6.45, 7) is 4.31. The summed E-state index contributed by atoms with van der Waals surface area (Å²) in [7, 11) is -4.26. The Bertz CT molecular complexity index is 1210. The van der Waals surface area contributed by atoms with Crippen LogP contribution >= 0.6 is 19.6 Å². The van der Waals surface area contributed by atoms with Crippen LogP contribution in [0.1, 0.15) is 219 Å². The average molecular weight is 936 g/mol. The summed E-state index contributed by atoms with van der Waals surface area (Å²) in [6, 6.07) is 0.265. The van der Waals surface area contributed by atoms with Gasteiger partial charge in [0.2, 0.25) is 0 Å². The Kier molecular flexibility index (Phi) is 37.9. The SMILES string of the molecule is CCCCCCCCCCCCCCCC(=O)OC[C@H](COC(=O)CCCC[C@@H]1SC[C@@H]2NC(=O)N[C@@H]21)OC(=O)CCCCCCCCCCCCCCC.NCCOP(=O)(O)O. The number of phosphoric ester groups is 1. The topological polar surface area (TPSA) is 213 Å². The summed E-state index contributed by atoms with van der Waals surface area (Å²) < 4.78 is 30.4. The minimum absolute atomic E-state index is 0.0891. The number of esters is 3. The van der Waals surface area contributed by atoms with E-state index in [-0.39, 0.29) is 68.8 Å². The summed E-state index contributed by atoms with van der Waals surface area (Å²) in [5.41, 5.74) is 4.87. The third kappa shape index (κ3) is 36.0. The van der Waals surface area contributed by atoms with Crippen molar-refractivity contribution in [3.8, 4) is 0 Å². The van der Waals surface area contributed by atoms with Crippen molar-refractivity contribution in [1.29, 1.82) is 0 Å². The molecular formula is C47H90N3O11PS. The maximum Gasteiger partial charge on any atom is 0.469 e. The third-order valence-corrected chi connectivity index (χ3v) is 13.6. The van der Waals surface area contributed by atoms with Crippen LogP contribution in [0.5, 0.6) is 0 Å². The van der Waals surface area contributed by atoms with Crippen molar-refractivity contribution in [3.05, 3.63) is 0 Å². The minimum atomic E-state index is -4.26. The largest absolute Gasteiger partial charge is 0.469 e. The third-order valence-electron chi connectivity index (χ3n) is 11.6. The van der Waals surface area contributed by atoms with E-state index in [0.717, 1.165) is 57.1 Å². The van der Waals surface area contributed by atoms with Gasteiger partial charge in [-0.05, 0) is 25.7 Å². The predicted octanol–water partition coefficient (Wildman–Crippen LogP) is 10.7. The zero-order valence-corrected chi connectivity index (χ0v) is 41.2. The Hall–Kier alpha value is -1.90. The first-order chi connectivity index (χ1) is 30.5. The van der Waals surface area contributed by atoms with Crippen LogP contribution in [-0.4, -0.2) is 89.3 Å². The first-order valence-electron chi connectivity index (χ1n) is 25.1. The van der Waals surface area contributed by atoms with E-state index in [4.69, 9.17) is 29.7 Å². The number of ether oxygens (including phenoxy) is 3. The maximum absolute atomic E-state index is 12.8. The molecule has 2 amide bonds. The lowest BCUT2D eigenvalue weighted by Crippen LogP contribution is -2.36. The molecule has 4 atom stereocenters. The molecule has 2 rings (SSSR count). The molecule has 0 aromatic carbocycles. The molecule has 2 aliphatic rings. The van der Waals surface area contributed by atoms with Crippen molar-refractivity contribution >= 4 is 43.5 Å². The number of phosphoric acid groups is 1. The molecule has 6 N–H and O–H groups in total. The van der Waals surface area contributed by atoms with Crippen molar-refractivity contribution in [2.45, 2.75) is 243 Å². The van der Waals surface area contributed by atoms with E-state index < -0.39 is 13.9 Å². The van der Waals surface area contributed by atoms with E-state index in [2.05, 4.69) is 29.0 Å². The van der Waals surface area contributed by atoms with Crippen molar-refractivity contribution in [2.24, 2.45) is 5.73 Å². The highest BCUT2D eigenvalue weighted by molar-refractivity contribution is 8.00. The smallest absolute Gasteiger partial charge is 0.462 e. The zero-order chi connectivity index (χ0) is 46.2. The highest BCUT2D eigenvalue weighted by atomic mass is 32.2. The van der Waals surface area contributed by atoms with Gasteiger partial charge < -0.3 is 40.4 Å². The van der Waals surface area contributed by atoms with Crippen LogP contribution < -0.4 is 16.4 Å². The molecule has 2 heterocycles. The Morgan fingerprint density at radius 1 is 0.635 bits per heavy atom. The monoisotopic (exact) mass is 936 g/mol. The van der Waals surface area contributed by atoms with Crippen LogP contribution in [-0.2, 0) is 37.7 Å². The molecule has 2 saturated heterocycles. The van der Waals surface area contributed by atoms with Gasteiger partial charge in [-0.1, -0.05) is 174 Å². The Morgan fingerprint density at radius 2 is 1.03 bits per heavy atom. The Labute approximate surface area is 385 Å². The van der Waals surface area contributed by atoms with E-state index >= 15 is 0 Å².